The predicted octanol–water partition coefficient (Wildman–Crippen LogP) is 3.78. The van der Waals surface area contributed by atoms with Crippen molar-refractivity contribution in [3.63, 3.8) is 0 Å². The van der Waals surface area contributed by atoms with Gasteiger partial charge in [0.1, 0.15) is 5.82 Å². The highest BCUT2D eigenvalue weighted by Crippen LogP contribution is 2.40. The summed E-state index contributed by atoms with van der Waals surface area (Å²) < 4.78 is 29.0. The molecule has 0 aliphatic rings. The molecule has 2 aromatic carbocycles. The zero-order valence-corrected chi connectivity index (χ0v) is 15.2. The molecule has 0 aromatic heterocycles. The Hall–Kier alpha value is -2.47. The van der Waals surface area contributed by atoms with Crippen molar-refractivity contribution in [3.8, 4) is 17.2 Å². The van der Waals surface area contributed by atoms with E-state index in [4.69, 9.17) is 25.8 Å². The SMILES string of the molecule is COc1ccc(C(=O)N(C)Cc2ccc(F)cc2Cl)c(OC)c1OC. The van der Waals surface area contributed by atoms with E-state index in [1.54, 1.807) is 25.2 Å². The van der Waals surface area contributed by atoms with Crippen molar-refractivity contribution in [2.24, 2.45) is 0 Å². The van der Waals surface area contributed by atoms with E-state index in [1.807, 2.05) is 0 Å². The lowest BCUT2D eigenvalue weighted by Gasteiger charge is -2.21. The molecule has 0 bridgehead atoms. The van der Waals surface area contributed by atoms with E-state index in [-0.39, 0.29) is 23.2 Å². The van der Waals surface area contributed by atoms with Crippen molar-refractivity contribution in [1.29, 1.82) is 0 Å². The topological polar surface area (TPSA) is 48.0 Å². The average molecular weight is 368 g/mol. The maximum absolute atomic E-state index is 13.2. The van der Waals surface area contributed by atoms with Crippen molar-refractivity contribution < 1.29 is 23.4 Å². The van der Waals surface area contributed by atoms with E-state index in [9.17, 15) is 9.18 Å². The van der Waals surface area contributed by atoms with E-state index < -0.39 is 5.82 Å². The van der Waals surface area contributed by atoms with Gasteiger partial charge in [-0.3, -0.25) is 4.79 Å². The molecule has 0 N–H and O–H groups in total. The van der Waals surface area contributed by atoms with Gasteiger partial charge >= 0.3 is 0 Å². The first-order chi connectivity index (χ1) is 11.9. The molecule has 0 aliphatic carbocycles. The zero-order chi connectivity index (χ0) is 18.6. The number of benzene rings is 2. The standard InChI is InChI=1S/C18H19ClFNO4/c1-21(10-11-5-6-12(20)9-14(11)19)18(22)13-7-8-15(23-2)17(25-4)16(13)24-3/h5-9H,10H2,1-4H3. The molecule has 0 saturated heterocycles. The number of hydrogen-bond donors (Lipinski definition) is 0. The molecule has 134 valence electrons. The van der Waals surface area contributed by atoms with Crippen molar-refractivity contribution >= 4 is 17.5 Å². The van der Waals surface area contributed by atoms with E-state index in [1.165, 1.54) is 38.4 Å². The van der Waals surface area contributed by atoms with Crippen LogP contribution in [0.2, 0.25) is 5.02 Å². The Kier molecular flexibility index (Phi) is 6.09. The maximum Gasteiger partial charge on any atom is 0.257 e. The molecular weight excluding hydrogens is 349 g/mol. The molecule has 0 spiro atoms. The Morgan fingerprint density at radius 2 is 1.76 bits per heavy atom. The molecule has 0 fully saturated rings. The van der Waals surface area contributed by atoms with Crippen LogP contribution in [0.4, 0.5) is 4.39 Å². The third-order valence-electron chi connectivity index (χ3n) is 3.70. The molecule has 0 heterocycles. The molecule has 0 saturated carbocycles. The molecular formula is C18H19ClFNO4. The number of halogens is 2. The molecule has 0 aliphatic heterocycles. The van der Waals surface area contributed by atoms with Crippen molar-refractivity contribution in [2.45, 2.75) is 6.54 Å². The number of carbonyl (C=O) groups excluding carboxylic acids is 1. The van der Waals surface area contributed by atoms with E-state index in [0.717, 1.165) is 0 Å². The summed E-state index contributed by atoms with van der Waals surface area (Å²) in [6, 6.07) is 7.30. The van der Waals surface area contributed by atoms with Gasteiger partial charge in [-0.1, -0.05) is 17.7 Å². The van der Waals surface area contributed by atoms with Crippen molar-refractivity contribution in [1.82, 2.24) is 4.90 Å². The van der Waals surface area contributed by atoms with Gasteiger partial charge < -0.3 is 19.1 Å². The van der Waals surface area contributed by atoms with Gasteiger partial charge in [0.15, 0.2) is 11.5 Å². The summed E-state index contributed by atoms with van der Waals surface area (Å²) in [5, 5.41) is 0.263. The Labute approximate surface area is 150 Å². The lowest BCUT2D eigenvalue weighted by molar-refractivity contribution is 0.0781. The highest BCUT2D eigenvalue weighted by atomic mass is 35.5. The van der Waals surface area contributed by atoms with E-state index in [0.29, 0.717) is 22.6 Å². The smallest absolute Gasteiger partial charge is 0.257 e. The van der Waals surface area contributed by atoms with Crippen LogP contribution < -0.4 is 14.2 Å². The number of nitrogens with zero attached hydrogens (tertiary/aromatic N) is 1. The Morgan fingerprint density at radius 1 is 1.08 bits per heavy atom. The lowest BCUT2D eigenvalue weighted by Crippen LogP contribution is -2.27. The van der Waals surface area contributed by atoms with Gasteiger partial charge in [-0.2, -0.15) is 0 Å². The first kappa shape index (κ1) is 18.9. The molecule has 25 heavy (non-hydrogen) atoms. The van der Waals surface area contributed by atoms with E-state index >= 15 is 0 Å². The first-order valence-corrected chi connectivity index (χ1v) is 7.79. The number of rotatable bonds is 6. The monoisotopic (exact) mass is 367 g/mol. The van der Waals surface area contributed by atoms with Gasteiger partial charge in [-0.25, -0.2) is 4.39 Å². The zero-order valence-electron chi connectivity index (χ0n) is 14.4. The van der Waals surface area contributed by atoms with Gasteiger partial charge in [-0.05, 0) is 29.8 Å². The van der Waals surface area contributed by atoms with Gasteiger partial charge in [0.25, 0.3) is 5.91 Å². The molecule has 0 radical (unpaired) electrons. The summed E-state index contributed by atoms with van der Waals surface area (Å²) >= 11 is 6.03. The first-order valence-electron chi connectivity index (χ1n) is 7.41. The van der Waals surface area contributed by atoms with Crippen LogP contribution in [0, 0.1) is 5.82 Å². The lowest BCUT2D eigenvalue weighted by atomic mass is 10.1. The fraction of sp³-hybridized carbons (Fsp3) is 0.278. The largest absolute Gasteiger partial charge is 0.493 e. The van der Waals surface area contributed by atoms with Crippen molar-refractivity contribution in [2.75, 3.05) is 28.4 Å². The summed E-state index contributed by atoms with van der Waals surface area (Å²) in [6.45, 7) is 0.218. The third kappa shape index (κ3) is 3.96. The Bertz CT molecular complexity index is 782. The van der Waals surface area contributed by atoms with Crippen LogP contribution in [-0.4, -0.2) is 39.2 Å². The Balaban J connectivity index is 2.33. The van der Waals surface area contributed by atoms with Gasteiger partial charge in [0, 0.05) is 18.6 Å². The van der Waals surface area contributed by atoms with Crippen LogP contribution in [-0.2, 0) is 6.54 Å². The number of amides is 1. The number of carbonyl (C=O) groups is 1. The van der Waals surface area contributed by atoms with E-state index in [2.05, 4.69) is 0 Å². The Morgan fingerprint density at radius 3 is 2.32 bits per heavy atom. The second-order valence-corrected chi connectivity index (χ2v) is 5.69. The number of methoxy groups -OCH3 is 3. The van der Waals surface area contributed by atoms with Crippen LogP contribution in [0.1, 0.15) is 15.9 Å². The fourth-order valence-electron chi connectivity index (χ4n) is 2.45. The summed E-state index contributed by atoms with van der Waals surface area (Å²) in [4.78, 5) is 14.3. The summed E-state index contributed by atoms with van der Waals surface area (Å²) in [7, 11) is 6.04. The van der Waals surface area contributed by atoms with Crippen LogP contribution in [0.25, 0.3) is 0 Å². The van der Waals surface area contributed by atoms with Gasteiger partial charge in [0.05, 0.1) is 26.9 Å². The second-order valence-electron chi connectivity index (χ2n) is 5.28. The van der Waals surface area contributed by atoms with Crippen LogP contribution in [0.3, 0.4) is 0 Å². The molecule has 0 atom stereocenters. The van der Waals surface area contributed by atoms with Gasteiger partial charge in [0.2, 0.25) is 5.75 Å². The maximum atomic E-state index is 13.2. The molecule has 7 heteroatoms. The summed E-state index contributed by atoms with van der Waals surface area (Å²) in [5.41, 5.74) is 0.958. The molecule has 2 aromatic rings. The minimum Gasteiger partial charge on any atom is -0.493 e. The minimum absolute atomic E-state index is 0.218. The van der Waals surface area contributed by atoms with Crippen LogP contribution in [0.15, 0.2) is 30.3 Å². The second kappa shape index (κ2) is 8.07. The normalized spacial score (nSPS) is 10.3. The van der Waals surface area contributed by atoms with Crippen molar-refractivity contribution in [3.05, 3.63) is 52.3 Å². The van der Waals surface area contributed by atoms with Crippen LogP contribution >= 0.6 is 11.6 Å². The predicted molar refractivity (Wildman–Crippen MR) is 93.3 cm³/mol. The summed E-state index contributed by atoms with van der Waals surface area (Å²) in [6.07, 6.45) is 0. The highest BCUT2D eigenvalue weighted by Gasteiger charge is 2.23. The fourth-order valence-corrected chi connectivity index (χ4v) is 2.68. The van der Waals surface area contributed by atoms with Crippen LogP contribution in [0.5, 0.6) is 17.2 Å². The minimum atomic E-state index is -0.427. The molecule has 0 unspecified atom stereocenters. The van der Waals surface area contributed by atoms with Gasteiger partial charge in [-0.15, -0.1) is 0 Å². The third-order valence-corrected chi connectivity index (χ3v) is 4.06. The molecule has 2 rings (SSSR count). The molecule has 5 nitrogen and oxygen atoms in total. The average Bonchev–Trinajstić information content (AvgIpc) is 2.61. The number of ether oxygens (including phenoxy) is 3. The quantitative estimate of drug-likeness (QED) is 0.779. The number of hydrogen-bond acceptors (Lipinski definition) is 4. The molecule has 1 amide bonds. The summed E-state index contributed by atoms with van der Waals surface area (Å²) in [5.74, 6) is 0.357. The highest BCUT2D eigenvalue weighted by molar-refractivity contribution is 6.31.